The molecule has 0 spiro atoms. The Hall–Kier alpha value is -2.31. The van der Waals surface area contributed by atoms with Crippen LogP contribution in [-0.4, -0.2) is 30.0 Å². The fourth-order valence-corrected chi connectivity index (χ4v) is 3.38. The van der Waals surface area contributed by atoms with Crippen molar-refractivity contribution in [2.75, 3.05) is 13.2 Å². The van der Waals surface area contributed by atoms with Gasteiger partial charge in [-0.3, -0.25) is 9.69 Å². The van der Waals surface area contributed by atoms with E-state index in [0.717, 1.165) is 4.90 Å². The molecule has 1 fully saturated rings. The minimum absolute atomic E-state index is 0.0280. The summed E-state index contributed by atoms with van der Waals surface area (Å²) in [7, 11) is 0. The van der Waals surface area contributed by atoms with Crippen molar-refractivity contribution in [3.05, 3.63) is 63.9 Å². The summed E-state index contributed by atoms with van der Waals surface area (Å²) in [5.74, 6) is -0.922. The molecule has 3 amide bonds. The Morgan fingerprint density at radius 3 is 2.62 bits per heavy atom. The number of carbonyl (C=O) groups excluding carboxylic acids is 2. The molecular formula is C18H15Cl2FN2O3. The van der Waals surface area contributed by atoms with Crippen LogP contribution < -0.4 is 10.1 Å². The van der Waals surface area contributed by atoms with Crippen LogP contribution in [0.3, 0.4) is 0 Å². The summed E-state index contributed by atoms with van der Waals surface area (Å²) in [5.41, 5.74) is -0.865. The maximum atomic E-state index is 13.6. The second kappa shape index (κ2) is 7.13. The maximum Gasteiger partial charge on any atom is 0.325 e. The predicted octanol–water partition coefficient (Wildman–Crippen LogP) is 3.98. The van der Waals surface area contributed by atoms with Crippen molar-refractivity contribution in [1.82, 2.24) is 10.2 Å². The molecule has 1 heterocycles. The van der Waals surface area contributed by atoms with E-state index in [2.05, 4.69) is 5.32 Å². The molecule has 1 saturated heterocycles. The molecule has 0 radical (unpaired) electrons. The van der Waals surface area contributed by atoms with Crippen LogP contribution in [0.1, 0.15) is 12.5 Å². The van der Waals surface area contributed by atoms with Crippen LogP contribution in [0.25, 0.3) is 0 Å². The van der Waals surface area contributed by atoms with E-state index >= 15 is 0 Å². The number of ether oxygens (including phenoxy) is 1. The lowest BCUT2D eigenvalue weighted by Crippen LogP contribution is -2.41. The summed E-state index contributed by atoms with van der Waals surface area (Å²) in [6.07, 6.45) is 0. The fourth-order valence-electron chi connectivity index (χ4n) is 2.79. The van der Waals surface area contributed by atoms with Gasteiger partial charge >= 0.3 is 6.03 Å². The van der Waals surface area contributed by atoms with Crippen molar-refractivity contribution in [2.24, 2.45) is 0 Å². The largest absolute Gasteiger partial charge is 0.489 e. The van der Waals surface area contributed by atoms with Gasteiger partial charge in [-0.2, -0.15) is 0 Å². The van der Waals surface area contributed by atoms with E-state index in [1.54, 1.807) is 31.2 Å². The molecule has 1 aliphatic heterocycles. The van der Waals surface area contributed by atoms with E-state index in [1.165, 1.54) is 18.2 Å². The first-order valence-corrected chi connectivity index (χ1v) is 8.55. The summed E-state index contributed by atoms with van der Waals surface area (Å²) < 4.78 is 18.9. The molecule has 2 aromatic carbocycles. The van der Waals surface area contributed by atoms with E-state index in [-0.39, 0.29) is 23.9 Å². The number of nitrogens with one attached hydrogen (secondary N) is 1. The van der Waals surface area contributed by atoms with E-state index in [1.807, 2.05) is 0 Å². The second-order valence-electron chi connectivity index (χ2n) is 5.91. The summed E-state index contributed by atoms with van der Waals surface area (Å²) in [5, 5.41) is 3.35. The Labute approximate surface area is 159 Å². The maximum absolute atomic E-state index is 13.6. The number of halogens is 3. The summed E-state index contributed by atoms with van der Waals surface area (Å²) >= 11 is 12.1. The number of imide groups is 1. The molecule has 0 bridgehead atoms. The first kappa shape index (κ1) is 18.5. The summed E-state index contributed by atoms with van der Waals surface area (Å²) in [6.45, 7) is 1.50. The van der Waals surface area contributed by atoms with Gasteiger partial charge in [-0.25, -0.2) is 9.18 Å². The smallest absolute Gasteiger partial charge is 0.325 e. The van der Waals surface area contributed by atoms with Crippen LogP contribution in [0, 0.1) is 5.82 Å². The molecule has 1 N–H and O–H groups in total. The molecule has 136 valence electrons. The fraction of sp³-hybridized carbons (Fsp3) is 0.222. The second-order valence-corrected chi connectivity index (χ2v) is 6.76. The highest BCUT2D eigenvalue weighted by atomic mass is 35.5. The summed E-state index contributed by atoms with van der Waals surface area (Å²) in [4.78, 5) is 26.1. The van der Waals surface area contributed by atoms with Crippen molar-refractivity contribution in [2.45, 2.75) is 12.5 Å². The van der Waals surface area contributed by atoms with Crippen LogP contribution in [0.2, 0.25) is 10.0 Å². The molecule has 0 aliphatic carbocycles. The van der Waals surface area contributed by atoms with Crippen LogP contribution in [0.4, 0.5) is 9.18 Å². The number of hydrogen-bond donors (Lipinski definition) is 1. The lowest BCUT2D eigenvalue weighted by atomic mass is 9.92. The van der Waals surface area contributed by atoms with Crippen LogP contribution in [0.15, 0.2) is 42.5 Å². The molecule has 3 rings (SSSR count). The SMILES string of the molecule is C[C@@]1(c2ccc(Cl)cc2Cl)NC(=O)N(CCOc2ccccc2F)C1=O. The Balaban J connectivity index is 1.73. The number of para-hydroxylation sites is 1. The number of hydrogen-bond acceptors (Lipinski definition) is 3. The van der Waals surface area contributed by atoms with Crippen molar-refractivity contribution in [3.63, 3.8) is 0 Å². The van der Waals surface area contributed by atoms with Crippen molar-refractivity contribution in [3.8, 4) is 5.75 Å². The molecule has 26 heavy (non-hydrogen) atoms. The first-order chi connectivity index (χ1) is 12.3. The molecule has 0 unspecified atom stereocenters. The standard InChI is InChI=1S/C18H15Cl2FN2O3/c1-18(12-7-6-11(19)10-13(12)20)16(24)23(17(25)22-18)8-9-26-15-5-3-2-4-14(15)21/h2-7,10H,8-9H2,1H3,(H,22,25)/t18-/m0/s1. The van der Waals surface area contributed by atoms with Gasteiger partial charge in [-0.05, 0) is 31.2 Å². The molecule has 1 aliphatic rings. The van der Waals surface area contributed by atoms with Crippen LogP contribution >= 0.6 is 23.2 Å². The molecular weight excluding hydrogens is 382 g/mol. The van der Waals surface area contributed by atoms with Gasteiger partial charge < -0.3 is 10.1 Å². The molecule has 1 atom stereocenters. The first-order valence-electron chi connectivity index (χ1n) is 7.80. The Morgan fingerprint density at radius 1 is 1.19 bits per heavy atom. The summed E-state index contributed by atoms with van der Waals surface area (Å²) in [6, 6.07) is 10.0. The third-order valence-electron chi connectivity index (χ3n) is 4.15. The van der Waals surface area contributed by atoms with Gasteiger partial charge in [0.25, 0.3) is 5.91 Å². The van der Waals surface area contributed by atoms with Gasteiger partial charge in [0, 0.05) is 15.6 Å². The average molecular weight is 397 g/mol. The van der Waals surface area contributed by atoms with E-state index in [9.17, 15) is 14.0 Å². The number of nitrogens with zero attached hydrogens (tertiary/aromatic N) is 1. The van der Waals surface area contributed by atoms with Gasteiger partial charge in [-0.15, -0.1) is 0 Å². The van der Waals surface area contributed by atoms with Gasteiger partial charge in [0.2, 0.25) is 0 Å². The quantitative estimate of drug-likeness (QED) is 0.777. The molecule has 0 saturated carbocycles. The lowest BCUT2D eigenvalue weighted by molar-refractivity contribution is -0.131. The van der Waals surface area contributed by atoms with E-state index in [0.29, 0.717) is 10.6 Å². The minimum atomic E-state index is -1.31. The Bertz CT molecular complexity index is 877. The highest BCUT2D eigenvalue weighted by molar-refractivity contribution is 6.35. The zero-order valence-corrected chi connectivity index (χ0v) is 15.3. The van der Waals surface area contributed by atoms with Crippen molar-refractivity contribution < 1.29 is 18.7 Å². The van der Waals surface area contributed by atoms with Crippen molar-refractivity contribution >= 4 is 35.1 Å². The predicted molar refractivity (Wildman–Crippen MR) is 96.0 cm³/mol. The normalized spacial score (nSPS) is 19.6. The number of urea groups is 1. The highest BCUT2D eigenvalue weighted by Gasteiger charge is 2.49. The van der Waals surface area contributed by atoms with Gasteiger partial charge in [0.15, 0.2) is 11.6 Å². The number of amides is 3. The van der Waals surface area contributed by atoms with Gasteiger partial charge in [0.05, 0.1) is 6.54 Å². The molecule has 8 heteroatoms. The molecule has 0 aromatic heterocycles. The van der Waals surface area contributed by atoms with Crippen LogP contribution in [-0.2, 0) is 10.3 Å². The topological polar surface area (TPSA) is 58.6 Å². The number of rotatable bonds is 5. The monoisotopic (exact) mass is 396 g/mol. The highest BCUT2D eigenvalue weighted by Crippen LogP contribution is 2.34. The third-order valence-corrected chi connectivity index (χ3v) is 4.70. The van der Waals surface area contributed by atoms with E-state index < -0.39 is 23.3 Å². The zero-order chi connectivity index (χ0) is 18.9. The number of benzene rings is 2. The molecule has 5 nitrogen and oxygen atoms in total. The number of carbonyl (C=O) groups is 2. The molecule has 2 aromatic rings. The van der Waals surface area contributed by atoms with Crippen molar-refractivity contribution in [1.29, 1.82) is 0 Å². The van der Waals surface area contributed by atoms with Gasteiger partial charge in [-0.1, -0.05) is 41.4 Å². The lowest BCUT2D eigenvalue weighted by Gasteiger charge is -2.23. The Morgan fingerprint density at radius 2 is 1.92 bits per heavy atom. The average Bonchev–Trinajstić information content (AvgIpc) is 2.80. The third kappa shape index (κ3) is 3.34. The van der Waals surface area contributed by atoms with E-state index in [4.69, 9.17) is 27.9 Å². The van der Waals surface area contributed by atoms with Gasteiger partial charge in [0.1, 0.15) is 12.1 Å². The zero-order valence-electron chi connectivity index (χ0n) is 13.8. The minimum Gasteiger partial charge on any atom is -0.489 e. The van der Waals surface area contributed by atoms with Crippen LogP contribution in [0.5, 0.6) is 5.75 Å². The Kier molecular flexibility index (Phi) is 5.07.